The van der Waals surface area contributed by atoms with E-state index < -0.39 is 9.84 Å². The molecule has 2 saturated heterocycles. The molecule has 0 N–H and O–H groups in total. The summed E-state index contributed by atoms with van der Waals surface area (Å²) in [6, 6.07) is 16.3. The summed E-state index contributed by atoms with van der Waals surface area (Å²) in [5.41, 5.74) is 1.73. The quantitative estimate of drug-likeness (QED) is 0.807. The first kappa shape index (κ1) is 17.5. The molecule has 2 aliphatic heterocycles. The zero-order valence-corrected chi connectivity index (χ0v) is 15.7. The van der Waals surface area contributed by atoms with Gasteiger partial charge in [0.05, 0.1) is 24.1 Å². The minimum atomic E-state index is -3.20. The molecule has 0 saturated carbocycles. The maximum Gasteiger partial charge on any atom is 0.241 e. The minimum Gasteiger partial charge on any atom is -0.306 e. The zero-order chi connectivity index (χ0) is 18.3. The molecule has 0 radical (unpaired) electrons. The van der Waals surface area contributed by atoms with E-state index in [0.29, 0.717) is 17.3 Å². The summed E-state index contributed by atoms with van der Waals surface area (Å²) >= 11 is 6.08. The Kier molecular flexibility index (Phi) is 4.50. The van der Waals surface area contributed by atoms with E-state index in [-0.39, 0.29) is 36.0 Å². The Hall–Kier alpha value is -1.89. The van der Waals surface area contributed by atoms with Gasteiger partial charge in [0.25, 0.3) is 0 Å². The summed E-state index contributed by atoms with van der Waals surface area (Å²) in [4.78, 5) is 16.5. The molecule has 2 aliphatic rings. The summed E-state index contributed by atoms with van der Waals surface area (Å²) in [6.45, 7) is 0.755. The van der Waals surface area contributed by atoms with Crippen LogP contribution >= 0.6 is 11.6 Å². The third kappa shape index (κ3) is 3.37. The topological polar surface area (TPSA) is 57.7 Å². The molecule has 2 aromatic carbocycles. The molecule has 5 nitrogen and oxygen atoms in total. The van der Waals surface area contributed by atoms with Crippen molar-refractivity contribution in [3.8, 4) is 0 Å². The molecule has 0 aliphatic carbocycles. The molecule has 0 aromatic heterocycles. The number of nitrogens with zero attached hydrogens (tertiary/aromatic N) is 2. The molecular weight excluding hydrogens is 372 g/mol. The van der Waals surface area contributed by atoms with Crippen molar-refractivity contribution >= 4 is 33.0 Å². The number of sulfone groups is 1. The third-order valence-corrected chi connectivity index (χ3v) is 6.95. The van der Waals surface area contributed by atoms with Crippen LogP contribution in [-0.4, -0.2) is 49.4 Å². The Bertz CT molecular complexity index is 933. The number of fused-ring (bicyclic) bond motifs is 1. The second-order valence-corrected chi connectivity index (χ2v) is 9.44. The molecule has 0 bridgehead atoms. The molecule has 0 unspecified atom stereocenters. The van der Waals surface area contributed by atoms with Crippen LogP contribution in [0.4, 0.5) is 5.69 Å². The fraction of sp³-hybridized carbons (Fsp3) is 0.316. The lowest BCUT2D eigenvalue weighted by Gasteiger charge is -2.43. The number of halogens is 1. The summed E-state index contributed by atoms with van der Waals surface area (Å²) in [5, 5.41) is 0.527. The lowest BCUT2D eigenvalue weighted by atomic mass is 10.0. The molecule has 0 spiro atoms. The summed E-state index contributed by atoms with van der Waals surface area (Å²) < 4.78 is 24.7. The average molecular weight is 391 g/mol. The fourth-order valence-corrected chi connectivity index (χ4v) is 6.08. The molecule has 2 heterocycles. The smallest absolute Gasteiger partial charge is 0.241 e. The van der Waals surface area contributed by atoms with Gasteiger partial charge in [-0.3, -0.25) is 9.69 Å². The van der Waals surface area contributed by atoms with Gasteiger partial charge >= 0.3 is 0 Å². The number of benzene rings is 2. The van der Waals surface area contributed by atoms with Crippen molar-refractivity contribution < 1.29 is 13.2 Å². The van der Waals surface area contributed by atoms with Gasteiger partial charge in [0.1, 0.15) is 0 Å². The van der Waals surface area contributed by atoms with E-state index in [1.54, 1.807) is 29.2 Å². The standard InChI is InChI=1S/C19H19ClN2O3S/c20-15-7-4-8-16(9-15)22-18-13-26(24,25)12-17(18)21(11-19(22)23)10-14-5-2-1-3-6-14/h1-9,17-18H,10-13H2/t17-,18-/m0/s1. The van der Waals surface area contributed by atoms with Crippen molar-refractivity contribution in [2.75, 3.05) is 23.0 Å². The van der Waals surface area contributed by atoms with E-state index in [2.05, 4.69) is 0 Å². The number of rotatable bonds is 3. The van der Waals surface area contributed by atoms with Crippen LogP contribution in [0.15, 0.2) is 54.6 Å². The highest BCUT2D eigenvalue weighted by Gasteiger charge is 2.49. The lowest BCUT2D eigenvalue weighted by Crippen LogP contribution is -2.61. The first-order valence-corrected chi connectivity index (χ1v) is 10.7. The largest absolute Gasteiger partial charge is 0.306 e. The molecule has 1 amide bonds. The average Bonchev–Trinajstić information content (AvgIpc) is 2.91. The number of amides is 1. The number of anilines is 1. The maximum absolute atomic E-state index is 12.9. The number of piperazine rings is 1. The van der Waals surface area contributed by atoms with Gasteiger partial charge in [0, 0.05) is 23.3 Å². The van der Waals surface area contributed by atoms with Gasteiger partial charge in [0.15, 0.2) is 9.84 Å². The Labute approximate surface area is 158 Å². The van der Waals surface area contributed by atoms with Crippen molar-refractivity contribution in [2.45, 2.75) is 18.6 Å². The monoisotopic (exact) mass is 390 g/mol. The summed E-state index contributed by atoms with van der Waals surface area (Å²) in [6.07, 6.45) is 0. The van der Waals surface area contributed by atoms with Crippen molar-refractivity contribution in [3.63, 3.8) is 0 Å². The molecule has 2 aromatic rings. The van der Waals surface area contributed by atoms with Crippen LogP contribution in [0.1, 0.15) is 5.56 Å². The number of hydrogen-bond acceptors (Lipinski definition) is 4. The van der Waals surface area contributed by atoms with Gasteiger partial charge in [-0.25, -0.2) is 8.42 Å². The maximum atomic E-state index is 12.9. The predicted octanol–water partition coefficient (Wildman–Crippen LogP) is 2.35. The first-order chi connectivity index (χ1) is 12.4. The Morgan fingerprint density at radius 3 is 2.46 bits per heavy atom. The molecular formula is C19H19ClN2O3S. The fourth-order valence-electron chi connectivity index (χ4n) is 3.91. The zero-order valence-electron chi connectivity index (χ0n) is 14.1. The van der Waals surface area contributed by atoms with Crippen molar-refractivity contribution in [3.05, 3.63) is 65.2 Å². The third-order valence-electron chi connectivity index (χ3n) is 5.02. The molecule has 2 fully saturated rings. The second kappa shape index (κ2) is 6.68. The first-order valence-electron chi connectivity index (χ1n) is 8.49. The molecule has 7 heteroatoms. The Morgan fingerprint density at radius 1 is 1.00 bits per heavy atom. The molecule has 4 rings (SSSR count). The van der Waals surface area contributed by atoms with E-state index in [9.17, 15) is 13.2 Å². The second-order valence-electron chi connectivity index (χ2n) is 6.85. The highest BCUT2D eigenvalue weighted by molar-refractivity contribution is 7.91. The summed E-state index contributed by atoms with van der Waals surface area (Å²) in [7, 11) is -3.20. The van der Waals surface area contributed by atoms with Crippen LogP contribution in [0.3, 0.4) is 0 Å². The number of carbonyl (C=O) groups excluding carboxylic acids is 1. The minimum absolute atomic E-state index is 0.0127. The molecule has 136 valence electrons. The van der Waals surface area contributed by atoms with E-state index in [0.717, 1.165) is 5.56 Å². The Balaban J connectivity index is 1.68. The van der Waals surface area contributed by atoms with Gasteiger partial charge in [-0.05, 0) is 23.8 Å². The van der Waals surface area contributed by atoms with Gasteiger partial charge < -0.3 is 4.90 Å². The van der Waals surface area contributed by atoms with Crippen LogP contribution in [0.2, 0.25) is 5.02 Å². The number of carbonyl (C=O) groups is 1. The van der Waals surface area contributed by atoms with Crippen LogP contribution in [-0.2, 0) is 21.2 Å². The van der Waals surface area contributed by atoms with Crippen LogP contribution in [0.25, 0.3) is 0 Å². The highest BCUT2D eigenvalue weighted by Crippen LogP contribution is 2.33. The van der Waals surface area contributed by atoms with Gasteiger partial charge in [0.2, 0.25) is 5.91 Å². The van der Waals surface area contributed by atoms with Gasteiger partial charge in [-0.2, -0.15) is 0 Å². The van der Waals surface area contributed by atoms with Crippen molar-refractivity contribution in [2.24, 2.45) is 0 Å². The number of hydrogen-bond donors (Lipinski definition) is 0. The lowest BCUT2D eigenvalue weighted by molar-refractivity contribution is -0.123. The van der Waals surface area contributed by atoms with E-state index >= 15 is 0 Å². The van der Waals surface area contributed by atoms with Crippen LogP contribution < -0.4 is 4.90 Å². The molecule has 26 heavy (non-hydrogen) atoms. The van der Waals surface area contributed by atoms with Crippen LogP contribution in [0.5, 0.6) is 0 Å². The predicted molar refractivity (Wildman–Crippen MR) is 102 cm³/mol. The van der Waals surface area contributed by atoms with Crippen molar-refractivity contribution in [1.29, 1.82) is 0 Å². The molecule has 2 atom stereocenters. The van der Waals surface area contributed by atoms with Crippen LogP contribution in [0, 0.1) is 0 Å². The van der Waals surface area contributed by atoms with Crippen molar-refractivity contribution in [1.82, 2.24) is 4.90 Å². The van der Waals surface area contributed by atoms with E-state index in [4.69, 9.17) is 11.6 Å². The van der Waals surface area contributed by atoms with Gasteiger partial charge in [-0.1, -0.05) is 48.0 Å². The Morgan fingerprint density at radius 2 is 1.73 bits per heavy atom. The van der Waals surface area contributed by atoms with E-state index in [1.165, 1.54) is 0 Å². The van der Waals surface area contributed by atoms with E-state index in [1.807, 2.05) is 35.2 Å². The van der Waals surface area contributed by atoms with Gasteiger partial charge in [-0.15, -0.1) is 0 Å². The normalized spacial score (nSPS) is 25.3. The summed E-state index contributed by atoms with van der Waals surface area (Å²) in [5.74, 6) is -0.0303. The SMILES string of the molecule is O=C1CN(Cc2ccccc2)[C@H]2CS(=O)(=O)C[C@@H]2N1c1cccc(Cl)c1. The highest BCUT2D eigenvalue weighted by atomic mass is 35.5.